The summed E-state index contributed by atoms with van der Waals surface area (Å²) in [4.78, 5) is 0. The van der Waals surface area contributed by atoms with Gasteiger partial charge in [-0.1, -0.05) is 0 Å². The summed E-state index contributed by atoms with van der Waals surface area (Å²) in [6.45, 7) is 0. The third kappa shape index (κ3) is 0.867. The first kappa shape index (κ1) is 6.62. The third-order valence-corrected chi connectivity index (χ3v) is 3.09. The number of hydrogen-bond acceptors (Lipinski definition) is 2. The molecule has 2 N–H and O–H groups in total. The average molecular weight is 142 g/mol. The Bertz CT molecular complexity index is 119. The van der Waals surface area contributed by atoms with E-state index in [1.54, 1.807) is 0 Å². The van der Waals surface area contributed by atoms with Gasteiger partial charge in [0.15, 0.2) is 0 Å². The third-order valence-electron chi connectivity index (χ3n) is 3.09. The number of aliphatic hydroxyl groups is 2. The van der Waals surface area contributed by atoms with E-state index in [1.807, 2.05) is 0 Å². The second-order valence-corrected chi connectivity index (χ2v) is 3.70. The monoisotopic (exact) mass is 142 g/mol. The van der Waals surface area contributed by atoms with E-state index in [1.165, 1.54) is 0 Å². The fourth-order valence-electron chi connectivity index (χ4n) is 2.37. The van der Waals surface area contributed by atoms with Crippen LogP contribution in [0.15, 0.2) is 0 Å². The van der Waals surface area contributed by atoms with Crippen LogP contribution in [0.5, 0.6) is 0 Å². The van der Waals surface area contributed by atoms with Crippen LogP contribution in [0.25, 0.3) is 0 Å². The standard InChI is InChI=1S/C8H14O2/c9-7-4-6-2-1-5(7)3-8(6)10/h5-10H,1-4H2/t5-,6-,7+,8+/m1/s1. The molecule has 0 aromatic rings. The van der Waals surface area contributed by atoms with Crippen molar-refractivity contribution in [3.8, 4) is 0 Å². The molecule has 0 amide bonds. The summed E-state index contributed by atoms with van der Waals surface area (Å²) in [5.74, 6) is 0.806. The molecule has 0 radical (unpaired) electrons. The molecule has 0 aromatic carbocycles. The van der Waals surface area contributed by atoms with Crippen molar-refractivity contribution < 1.29 is 10.2 Å². The first-order valence-electron chi connectivity index (χ1n) is 4.13. The van der Waals surface area contributed by atoms with Crippen molar-refractivity contribution >= 4 is 0 Å². The normalized spacial score (nSPS) is 53.4. The molecule has 3 aliphatic rings. The van der Waals surface area contributed by atoms with Crippen LogP contribution in [0.3, 0.4) is 0 Å². The van der Waals surface area contributed by atoms with Crippen LogP contribution >= 0.6 is 0 Å². The van der Waals surface area contributed by atoms with Gasteiger partial charge in [-0.3, -0.25) is 0 Å². The Balaban J connectivity index is 2.09. The topological polar surface area (TPSA) is 40.5 Å². The minimum absolute atomic E-state index is 0.109. The van der Waals surface area contributed by atoms with Crippen molar-refractivity contribution in [3.05, 3.63) is 0 Å². The number of hydrogen-bond donors (Lipinski definition) is 2. The lowest BCUT2D eigenvalue weighted by atomic mass is 9.67. The van der Waals surface area contributed by atoms with Gasteiger partial charge in [-0.15, -0.1) is 0 Å². The first-order chi connectivity index (χ1) is 4.77. The average Bonchev–Trinajstić information content (AvgIpc) is 1.91. The Morgan fingerprint density at radius 1 is 0.800 bits per heavy atom. The Labute approximate surface area is 60.9 Å². The lowest BCUT2D eigenvalue weighted by Crippen LogP contribution is -2.43. The van der Waals surface area contributed by atoms with E-state index < -0.39 is 0 Å². The van der Waals surface area contributed by atoms with Gasteiger partial charge in [0.05, 0.1) is 12.2 Å². The van der Waals surface area contributed by atoms with Gasteiger partial charge in [0.2, 0.25) is 0 Å². The second kappa shape index (κ2) is 2.21. The van der Waals surface area contributed by atoms with Crippen LogP contribution in [-0.4, -0.2) is 22.4 Å². The van der Waals surface area contributed by atoms with E-state index in [4.69, 9.17) is 0 Å². The van der Waals surface area contributed by atoms with E-state index in [9.17, 15) is 10.2 Å². The van der Waals surface area contributed by atoms with E-state index in [2.05, 4.69) is 0 Å². The Morgan fingerprint density at radius 2 is 1.20 bits per heavy atom. The minimum atomic E-state index is -0.109. The lowest BCUT2D eigenvalue weighted by Gasteiger charge is -2.42. The van der Waals surface area contributed by atoms with Gasteiger partial charge in [0.25, 0.3) is 0 Å². The number of fused-ring (bicyclic) bond motifs is 3. The molecule has 0 saturated heterocycles. The summed E-state index contributed by atoms with van der Waals surface area (Å²) < 4.78 is 0. The Hall–Kier alpha value is -0.0800. The van der Waals surface area contributed by atoms with Gasteiger partial charge in [-0.25, -0.2) is 0 Å². The highest BCUT2D eigenvalue weighted by atomic mass is 16.3. The predicted molar refractivity (Wildman–Crippen MR) is 37.5 cm³/mol. The van der Waals surface area contributed by atoms with E-state index >= 15 is 0 Å². The Kier molecular flexibility index (Phi) is 1.46. The van der Waals surface area contributed by atoms with Crippen molar-refractivity contribution in [2.75, 3.05) is 0 Å². The van der Waals surface area contributed by atoms with Crippen LogP contribution < -0.4 is 0 Å². The summed E-state index contributed by atoms with van der Waals surface area (Å²) in [6.07, 6.45) is 3.72. The second-order valence-electron chi connectivity index (χ2n) is 3.70. The predicted octanol–water partition coefficient (Wildman–Crippen LogP) is 0.528. The highest BCUT2D eigenvalue weighted by Crippen LogP contribution is 2.41. The fourth-order valence-corrected chi connectivity index (χ4v) is 2.37. The smallest absolute Gasteiger partial charge is 0.0573 e. The van der Waals surface area contributed by atoms with E-state index in [0.29, 0.717) is 11.8 Å². The van der Waals surface area contributed by atoms with Gasteiger partial charge in [-0.2, -0.15) is 0 Å². The van der Waals surface area contributed by atoms with Gasteiger partial charge in [-0.05, 0) is 37.5 Å². The molecule has 3 rings (SSSR count). The molecule has 3 saturated carbocycles. The summed E-state index contributed by atoms with van der Waals surface area (Å²) in [7, 11) is 0. The van der Waals surface area contributed by atoms with Crippen molar-refractivity contribution in [1.29, 1.82) is 0 Å². The molecule has 0 unspecified atom stereocenters. The maximum absolute atomic E-state index is 9.41. The van der Waals surface area contributed by atoms with Crippen LogP contribution in [-0.2, 0) is 0 Å². The van der Waals surface area contributed by atoms with Crippen LogP contribution in [0.2, 0.25) is 0 Å². The molecule has 2 bridgehead atoms. The molecule has 2 heteroatoms. The SMILES string of the molecule is O[C@H]1C[C@H]2CC[C@@H]1C[C@@H]2O. The van der Waals surface area contributed by atoms with E-state index in [0.717, 1.165) is 25.7 Å². The van der Waals surface area contributed by atoms with E-state index in [-0.39, 0.29) is 12.2 Å². The van der Waals surface area contributed by atoms with Crippen LogP contribution in [0, 0.1) is 11.8 Å². The molecule has 0 spiro atoms. The maximum atomic E-state index is 9.41. The zero-order valence-corrected chi connectivity index (χ0v) is 6.03. The quantitative estimate of drug-likeness (QED) is 0.518. The summed E-state index contributed by atoms with van der Waals surface area (Å²) in [5.41, 5.74) is 0. The molecule has 10 heavy (non-hydrogen) atoms. The van der Waals surface area contributed by atoms with Crippen molar-refractivity contribution in [2.24, 2.45) is 11.8 Å². The van der Waals surface area contributed by atoms with Gasteiger partial charge < -0.3 is 10.2 Å². The number of aliphatic hydroxyl groups excluding tert-OH is 2. The van der Waals surface area contributed by atoms with Gasteiger partial charge in [0, 0.05) is 0 Å². The molecule has 0 aliphatic heterocycles. The molecule has 2 nitrogen and oxygen atoms in total. The van der Waals surface area contributed by atoms with Crippen LogP contribution in [0.1, 0.15) is 25.7 Å². The Morgan fingerprint density at radius 3 is 1.40 bits per heavy atom. The molecule has 0 heterocycles. The minimum Gasteiger partial charge on any atom is -0.393 e. The zero-order valence-electron chi connectivity index (χ0n) is 6.03. The summed E-state index contributed by atoms with van der Waals surface area (Å²) >= 11 is 0. The molecule has 4 atom stereocenters. The summed E-state index contributed by atoms with van der Waals surface area (Å²) in [5, 5.41) is 18.8. The maximum Gasteiger partial charge on any atom is 0.0573 e. The highest BCUT2D eigenvalue weighted by molar-refractivity contribution is 4.91. The lowest BCUT2D eigenvalue weighted by molar-refractivity contribution is -0.0715. The van der Waals surface area contributed by atoms with Gasteiger partial charge >= 0.3 is 0 Å². The fraction of sp³-hybridized carbons (Fsp3) is 1.00. The zero-order chi connectivity index (χ0) is 7.14. The van der Waals surface area contributed by atoms with Crippen molar-refractivity contribution in [1.82, 2.24) is 0 Å². The first-order valence-corrected chi connectivity index (χ1v) is 4.13. The summed E-state index contributed by atoms with van der Waals surface area (Å²) in [6, 6.07) is 0. The highest BCUT2D eigenvalue weighted by Gasteiger charge is 2.39. The largest absolute Gasteiger partial charge is 0.393 e. The molecular formula is C8H14O2. The molecule has 3 fully saturated rings. The van der Waals surface area contributed by atoms with Crippen molar-refractivity contribution in [3.63, 3.8) is 0 Å². The van der Waals surface area contributed by atoms with Crippen LogP contribution in [0.4, 0.5) is 0 Å². The van der Waals surface area contributed by atoms with Gasteiger partial charge in [0.1, 0.15) is 0 Å². The van der Waals surface area contributed by atoms with Crippen molar-refractivity contribution in [2.45, 2.75) is 37.9 Å². The molecular weight excluding hydrogens is 128 g/mol. The molecule has 3 aliphatic carbocycles. The number of rotatable bonds is 0. The molecule has 0 aromatic heterocycles. The molecule has 58 valence electrons.